The third kappa shape index (κ3) is 2.35. The molecule has 0 aromatic carbocycles. The molecule has 1 unspecified atom stereocenters. The highest BCUT2D eigenvalue weighted by atomic mass is 16.5. The molecule has 1 rings (SSSR count). The van der Waals surface area contributed by atoms with Gasteiger partial charge >= 0.3 is 5.97 Å². The molecule has 0 saturated heterocycles. The van der Waals surface area contributed by atoms with Crippen molar-refractivity contribution in [3.05, 3.63) is 23.8 Å². The van der Waals surface area contributed by atoms with E-state index in [4.69, 9.17) is 4.74 Å². The van der Waals surface area contributed by atoms with E-state index in [0.29, 0.717) is 19.3 Å². The van der Waals surface area contributed by atoms with Gasteiger partial charge in [0.2, 0.25) is 0 Å². The first-order valence-electron chi connectivity index (χ1n) is 5.03. The van der Waals surface area contributed by atoms with Crippen molar-refractivity contribution in [2.24, 2.45) is 5.92 Å². The second-order valence-corrected chi connectivity index (χ2v) is 3.69. The zero-order valence-electron chi connectivity index (χ0n) is 9.21. The number of esters is 1. The Hall–Kier alpha value is -1.38. The van der Waals surface area contributed by atoms with Crippen LogP contribution in [0.4, 0.5) is 0 Å². The van der Waals surface area contributed by atoms with Gasteiger partial charge < -0.3 is 4.74 Å². The predicted octanol–water partition coefficient (Wildman–Crippen LogP) is 2.03. The van der Waals surface area contributed by atoms with Crippen molar-refractivity contribution in [3.63, 3.8) is 0 Å². The van der Waals surface area contributed by atoms with Crippen molar-refractivity contribution in [3.8, 4) is 0 Å². The summed E-state index contributed by atoms with van der Waals surface area (Å²) >= 11 is 0. The molecule has 82 valence electrons. The van der Waals surface area contributed by atoms with Crippen LogP contribution in [0.3, 0.4) is 0 Å². The van der Waals surface area contributed by atoms with E-state index in [9.17, 15) is 9.59 Å². The summed E-state index contributed by atoms with van der Waals surface area (Å²) in [7, 11) is 1.37. The third-order valence-corrected chi connectivity index (χ3v) is 2.83. The number of rotatable bonds is 3. The van der Waals surface area contributed by atoms with Gasteiger partial charge in [-0.05, 0) is 25.3 Å². The van der Waals surface area contributed by atoms with Crippen LogP contribution >= 0.6 is 0 Å². The van der Waals surface area contributed by atoms with Gasteiger partial charge in [-0.1, -0.05) is 11.6 Å². The molecule has 0 bridgehead atoms. The first kappa shape index (κ1) is 11.7. The summed E-state index contributed by atoms with van der Waals surface area (Å²) in [6, 6.07) is 0. The highest BCUT2D eigenvalue weighted by molar-refractivity contribution is 5.99. The van der Waals surface area contributed by atoms with Gasteiger partial charge in [-0.15, -0.1) is 6.58 Å². The van der Waals surface area contributed by atoms with E-state index in [2.05, 4.69) is 6.58 Å². The summed E-state index contributed by atoms with van der Waals surface area (Å²) in [6.07, 6.45) is 3.23. The molecule has 0 saturated carbocycles. The Morgan fingerprint density at radius 3 is 2.87 bits per heavy atom. The highest BCUT2D eigenvalue weighted by Crippen LogP contribution is 2.30. The number of hydrogen-bond acceptors (Lipinski definition) is 3. The van der Waals surface area contributed by atoms with Crippen LogP contribution in [0, 0.1) is 5.92 Å². The van der Waals surface area contributed by atoms with E-state index in [1.54, 1.807) is 6.08 Å². The lowest BCUT2D eigenvalue weighted by molar-refractivity contribution is -0.144. The van der Waals surface area contributed by atoms with Gasteiger partial charge in [-0.2, -0.15) is 0 Å². The van der Waals surface area contributed by atoms with Crippen molar-refractivity contribution in [2.75, 3.05) is 7.11 Å². The van der Waals surface area contributed by atoms with E-state index >= 15 is 0 Å². The standard InChI is InChI=1S/C12H16O3/c1-4-5-9-8(2)10(12(14)15-3)6-7-11(9)13/h4,10H,1,5-7H2,2-3H3. The summed E-state index contributed by atoms with van der Waals surface area (Å²) in [4.78, 5) is 23.0. The molecule has 0 amide bonds. The molecule has 15 heavy (non-hydrogen) atoms. The van der Waals surface area contributed by atoms with Gasteiger partial charge in [0, 0.05) is 6.42 Å². The Morgan fingerprint density at radius 1 is 1.67 bits per heavy atom. The second kappa shape index (κ2) is 4.91. The van der Waals surface area contributed by atoms with Crippen molar-refractivity contribution < 1.29 is 14.3 Å². The van der Waals surface area contributed by atoms with Crippen molar-refractivity contribution in [1.29, 1.82) is 0 Å². The van der Waals surface area contributed by atoms with Crippen LogP contribution in [0.5, 0.6) is 0 Å². The van der Waals surface area contributed by atoms with Crippen LogP contribution < -0.4 is 0 Å². The molecule has 0 aromatic heterocycles. The minimum absolute atomic E-state index is 0.132. The molecule has 1 atom stereocenters. The summed E-state index contributed by atoms with van der Waals surface area (Å²) in [5, 5.41) is 0. The Balaban J connectivity index is 3.00. The van der Waals surface area contributed by atoms with Crippen LogP contribution in [0.1, 0.15) is 26.2 Å². The van der Waals surface area contributed by atoms with Gasteiger partial charge in [-0.25, -0.2) is 0 Å². The maximum atomic E-state index is 11.6. The van der Waals surface area contributed by atoms with Gasteiger partial charge in [0.15, 0.2) is 5.78 Å². The molecule has 3 nitrogen and oxygen atoms in total. The first-order valence-corrected chi connectivity index (χ1v) is 5.03. The monoisotopic (exact) mass is 208 g/mol. The number of carbonyl (C=O) groups is 2. The largest absolute Gasteiger partial charge is 0.469 e. The average molecular weight is 208 g/mol. The molecule has 1 aliphatic rings. The average Bonchev–Trinajstić information content (AvgIpc) is 2.23. The van der Waals surface area contributed by atoms with Crippen molar-refractivity contribution in [1.82, 2.24) is 0 Å². The minimum atomic E-state index is -0.249. The van der Waals surface area contributed by atoms with Gasteiger partial charge in [-0.3, -0.25) is 9.59 Å². The Bertz CT molecular complexity index is 326. The zero-order chi connectivity index (χ0) is 11.4. The summed E-state index contributed by atoms with van der Waals surface area (Å²) in [6.45, 7) is 5.44. The lowest BCUT2D eigenvalue weighted by atomic mass is 9.81. The summed E-state index contributed by atoms with van der Waals surface area (Å²) < 4.78 is 4.71. The van der Waals surface area contributed by atoms with Crippen LogP contribution in [-0.2, 0) is 14.3 Å². The zero-order valence-corrected chi connectivity index (χ0v) is 9.21. The molecular formula is C12H16O3. The predicted molar refractivity (Wildman–Crippen MR) is 57.3 cm³/mol. The SMILES string of the molecule is C=CCC1=C(C)C(C(=O)OC)CCC1=O. The molecule has 0 heterocycles. The summed E-state index contributed by atoms with van der Waals surface area (Å²) in [5.41, 5.74) is 1.57. The van der Waals surface area contributed by atoms with Crippen LogP contribution in [-0.4, -0.2) is 18.9 Å². The third-order valence-electron chi connectivity index (χ3n) is 2.83. The Kier molecular flexibility index (Phi) is 3.83. The number of methoxy groups -OCH3 is 1. The fraction of sp³-hybridized carbons (Fsp3) is 0.500. The first-order chi connectivity index (χ1) is 7.11. The lowest BCUT2D eigenvalue weighted by Crippen LogP contribution is -2.25. The van der Waals surface area contributed by atoms with Crippen LogP contribution in [0.25, 0.3) is 0 Å². The molecule has 0 fully saturated rings. The number of ether oxygens (including phenoxy) is 1. The maximum absolute atomic E-state index is 11.6. The van der Waals surface area contributed by atoms with Crippen molar-refractivity contribution >= 4 is 11.8 Å². The van der Waals surface area contributed by atoms with Gasteiger partial charge in [0.05, 0.1) is 13.0 Å². The normalized spacial score (nSPS) is 21.5. The van der Waals surface area contributed by atoms with Crippen LogP contribution in [0.15, 0.2) is 23.8 Å². The van der Waals surface area contributed by atoms with E-state index in [1.807, 2.05) is 6.92 Å². The van der Waals surface area contributed by atoms with Gasteiger partial charge in [0.25, 0.3) is 0 Å². The smallest absolute Gasteiger partial charge is 0.312 e. The number of allylic oxidation sites excluding steroid dienone is 2. The quantitative estimate of drug-likeness (QED) is 0.526. The second-order valence-electron chi connectivity index (χ2n) is 3.69. The maximum Gasteiger partial charge on any atom is 0.312 e. The topological polar surface area (TPSA) is 43.4 Å². The fourth-order valence-electron chi connectivity index (χ4n) is 1.93. The van der Waals surface area contributed by atoms with E-state index in [0.717, 1.165) is 11.1 Å². The van der Waals surface area contributed by atoms with Crippen molar-refractivity contribution in [2.45, 2.75) is 26.2 Å². The Morgan fingerprint density at radius 2 is 2.33 bits per heavy atom. The van der Waals surface area contributed by atoms with E-state index < -0.39 is 0 Å². The number of Topliss-reactive ketones (excluding diaryl/α,β-unsaturated/α-hetero) is 1. The van der Waals surface area contributed by atoms with E-state index in [1.165, 1.54) is 7.11 Å². The molecule has 0 aromatic rings. The highest BCUT2D eigenvalue weighted by Gasteiger charge is 2.30. The fourth-order valence-corrected chi connectivity index (χ4v) is 1.93. The van der Waals surface area contributed by atoms with E-state index in [-0.39, 0.29) is 17.7 Å². The molecule has 3 heteroatoms. The molecule has 1 aliphatic carbocycles. The van der Waals surface area contributed by atoms with Gasteiger partial charge in [0.1, 0.15) is 0 Å². The number of ketones is 1. The lowest BCUT2D eigenvalue weighted by Gasteiger charge is -2.23. The number of carbonyl (C=O) groups excluding carboxylic acids is 2. The van der Waals surface area contributed by atoms with Crippen LogP contribution in [0.2, 0.25) is 0 Å². The molecule has 0 spiro atoms. The Labute approximate surface area is 89.8 Å². The molecule has 0 aliphatic heterocycles. The number of hydrogen-bond donors (Lipinski definition) is 0. The molecule has 0 radical (unpaired) electrons. The minimum Gasteiger partial charge on any atom is -0.469 e. The molecule has 0 N–H and O–H groups in total. The summed E-state index contributed by atoms with van der Waals surface area (Å²) in [5.74, 6) is -0.364. The molecular weight excluding hydrogens is 192 g/mol.